The van der Waals surface area contributed by atoms with E-state index in [1.165, 1.54) is 24.3 Å². The summed E-state index contributed by atoms with van der Waals surface area (Å²) >= 11 is 5.86. The third-order valence-corrected chi connectivity index (χ3v) is 4.49. The normalized spacial score (nSPS) is 10.1. The van der Waals surface area contributed by atoms with Crippen LogP contribution in [0, 0.1) is 0 Å². The molecule has 3 aromatic carbocycles. The van der Waals surface area contributed by atoms with Gasteiger partial charge in [0.15, 0.2) is 13.2 Å². The van der Waals surface area contributed by atoms with Crippen molar-refractivity contribution in [3.63, 3.8) is 0 Å². The minimum absolute atomic E-state index is 0.218. The molecule has 0 aliphatic heterocycles. The van der Waals surface area contributed by atoms with Crippen LogP contribution in [0.25, 0.3) is 0 Å². The molecule has 0 atom stereocenters. The summed E-state index contributed by atoms with van der Waals surface area (Å²) in [6, 6.07) is 19.6. The Kier molecular flexibility index (Phi) is 8.26. The maximum atomic E-state index is 12.2. The summed E-state index contributed by atoms with van der Waals surface area (Å²) in [6.07, 6.45) is 0. The van der Waals surface area contributed by atoms with Gasteiger partial charge < -0.3 is 24.8 Å². The summed E-state index contributed by atoms with van der Waals surface area (Å²) in [4.78, 5) is 36.1. The van der Waals surface area contributed by atoms with Crippen LogP contribution in [0.1, 0.15) is 10.4 Å². The average molecular weight is 469 g/mol. The van der Waals surface area contributed by atoms with Gasteiger partial charge in [-0.15, -0.1) is 0 Å². The van der Waals surface area contributed by atoms with Gasteiger partial charge in [0.25, 0.3) is 11.8 Å². The minimum atomic E-state index is -0.668. The number of hydrogen-bond acceptors (Lipinski definition) is 6. The van der Waals surface area contributed by atoms with E-state index in [4.69, 9.17) is 25.8 Å². The number of esters is 1. The molecule has 0 aliphatic carbocycles. The van der Waals surface area contributed by atoms with Crippen molar-refractivity contribution in [1.29, 1.82) is 0 Å². The van der Waals surface area contributed by atoms with Gasteiger partial charge in [-0.25, -0.2) is 4.79 Å². The number of amides is 2. The zero-order valence-corrected chi connectivity index (χ0v) is 18.4. The minimum Gasteiger partial charge on any atom is -0.497 e. The molecule has 0 aliphatic rings. The lowest BCUT2D eigenvalue weighted by Gasteiger charge is -2.09. The van der Waals surface area contributed by atoms with Gasteiger partial charge in [0.05, 0.1) is 12.7 Å². The number of carbonyl (C=O) groups is 3. The monoisotopic (exact) mass is 468 g/mol. The van der Waals surface area contributed by atoms with E-state index in [1.54, 1.807) is 55.6 Å². The summed E-state index contributed by atoms with van der Waals surface area (Å²) in [6.45, 7) is -0.668. The Balaban J connectivity index is 1.43. The molecule has 33 heavy (non-hydrogen) atoms. The SMILES string of the molecule is COc1cccc(NC(=O)COc2ccc(C(=O)OCC(=O)Nc3cccc(Cl)c3)cc2)c1. The smallest absolute Gasteiger partial charge is 0.338 e. The quantitative estimate of drug-likeness (QED) is 0.457. The Hall–Kier alpha value is -4.04. The number of ether oxygens (including phenoxy) is 3. The number of methoxy groups -OCH3 is 1. The molecule has 8 nitrogen and oxygen atoms in total. The van der Waals surface area contributed by atoms with Crippen LogP contribution in [0.4, 0.5) is 11.4 Å². The molecule has 0 aromatic heterocycles. The Labute approximate surface area is 195 Å². The number of hydrogen-bond donors (Lipinski definition) is 2. The largest absolute Gasteiger partial charge is 0.497 e. The Morgan fingerprint density at radius 2 is 1.42 bits per heavy atom. The van der Waals surface area contributed by atoms with Crippen LogP contribution in [-0.2, 0) is 14.3 Å². The van der Waals surface area contributed by atoms with E-state index in [2.05, 4.69) is 10.6 Å². The second kappa shape index (κ2) is 11.5. The van der Waals surface area contributed by atoms with Gasteiger partial charge in [-0.1, -0.05) is 23.7 Å². The second-order valence-electron chi connectivity index (χ2n) is 6.73. The molecule has 0 fully saturated rings. The first-order chi connectivity index (χ1) is 15.9. The summed E-state index contributed by atoms with van der Waals surface area (Å²) in [5, 5.41) is 5.76. The van der Waals surface area contributed by atoms with Crippen LogP contribution in [-0.4, -0.2) is 38.1 Å². The molecule has 0 unspecified atom stereocenters. The number of benzene rings is 3. The third-order valence-electron chi connectivity index (χ3n) is 4.26. The molecule has 3 rings (SSSR count). The summed E-state index contributed by atoms with van der Waals surface area (Å²) in [7, 11) is 1.54. The Bertz CT molecular complexity index is 1130. The first-order valence-corrected chi connectivity index (χ1v) is 10.2. The fourth-order valence-corrected chi connectivity index (χ4v) is 2.90. The predicted molar refractivity (Wildman–Crippen MR) is 124 cm³/mol. The van der Waals surface area contributed by atoms with Gasteiger partial charge in [0, 0.05) is 22.5 Å². The molecule has 3 aromatic rings. The average Bonchev–Trinajstić information content (AvgIpc) is 2.81. The zero-order valence-electron chi connectivity index (χ0n) is 17.7. The molecule has 170 valence electrons. The van der Waals surface area contributed by atoms with Crippen molar-refractivity contribution in [3.8, 4) is 11.5 Å². The van der Waals surface area contributed by atoms with Crippen molar-refractivity contribution >= 4 is 40.8 Å². The van der Waals surface area contributed by atoms with E-state index in [0.717, 1.165) is 0 Å². The van der Waals surface area contributed by atoms with E-state index in [9.17, 15) is 14.4 Å². The van der Waals surface area contributed by atoms with Crippen LogP contribution >= 0.6 is 11.6 Å². The molecule has 0 saturated heterocycles. The molecule has 2 amide bonds. The van der Waals surface area contributed by atoms with E-state index in [-0.39, 0.29) is 18.1 Å². The fraction of sp³-hybridized carbons (Fsp3) is 0.125. The Morgan fingerprint density at radius 1 is 0.788 bits per heavy atom. The molecule has 0 heterocycles. The Morgan fingerprint density at radius 3 is 2.09 bits per heavy atom. The molecule has 2 N–H and O–H groups in total. The highest BCUT2D eigenvalue weighted by atomic mass is 35.5. The van der Waals surface area contributed by atoms with Gasteiger partial charge in [-0.3, -0.25) is 9.59 Å². The van der Waals surface area contributed by atoms with Crippen LogP contribution in [0.3, 0.4) is 0 Å². The van der Waals surface area contributed by atoms with E-state index in [0.29, 0.717) is 27.9 Å². The maximum absolute atomic E-state index is 12.2. The van der Waals surface area contributed by atoms with Crippen molar-refractivity contribution in [1.82, 2.24) is 0 Å². The van der Waals surface area contributed by atoms with E-state index >= 15 is 0 Å². The van der Waals surface area contributed by atoms with Crippen LogP contribution in [0.15, 0.2) is 72.8 Å². The lowest BCUT2D eigenvalue weighted by molar-refractivity contribution is -0.119. The predicted octanol–water partition coefficient (Wildman–Crippen LogP) is 4.16. The number of halogens is 1. The molecule has 0 spiro atoms. The summed E-state index contributed by atoms with van der Waals surface area (Å²) in [5.41, 5.74) is 1.32. The van der Waals surface area contributed by atoms with Crippen molar-refractivity contribution in [2.75, 3.05) is 31.0 Å². The van der Waals surface area contributed by atoms with E-state index < -0.39 is 18.5 Å². The topological polar surface area (TPSA) is 103 Å². The zero-order chi connectivity index (χ0) is 23.6. The maximum Gasteiger partial charge on any atom is 0.338 e. The van der Waals surface area contributed by atoms with Gasteiger partial charge in [0.2, 0.25) is 0 Å². The van der Waals surface area contributed by atoms with Gasteiger partial charge >= 0.3 is 5.97 Å². The highest BCUT2D eigenvalue weighted by Crippen LogP contribution is 2.18. The molecule has 9 heteroatoms. The lowest BCUT2D eigenvalue weighted by atomic mass is 10.2. The molecular formula is C24H21ClN2O6. The number of rotatable bonds is 9. The number of carbonyl (C=O) groups excluding carboxylic acids is 3. The number of nitrogens with one attached hydrogen (secondary N) is 2. The van der Waals surface area contributed by atoms with Crippen molar-refractivity contribution in [3.05, 3.63) is 83.4 Å². The lowest BCUT2D eigenvalue weighted by Crippen LogP contribution is -2.21. The van der Waals surface area contributed by atoms with Crippen molar-refractivity contribution in [2.45, 2.75) is 0 Å². The second-order valence-corrected chi connectivity index (χ2v) is 7.16. The van der Waals surface area contributed by atoms with Gasteiger partial charge in [-0.2, -0.15) is 0 Å². The highest BCUT2D eigenvalue weighted by molar-refractivity contribution is 6.30. The standard InChI is InChI=1S/C24H21ClN2O6/c1-31-21-7-3-6-19(13-21)27-22(28)14-32-20-10-8-16(9-11-20)24(30)33-15-23(29)26-18-5-2-4-17(25)12-18/h2-13H,14-15H2,1H3,(H,26,29)(H,27,28). The fourth-order valence-electron chi connectivity index (χ4n) is 2.71. The highest BCUT2D eigenvalue weighted by Gasteiger charge is 2.11. The van der Waals surface area contributed by atoms with Crippen LogP contribution < -0.4 is 20.1 Å². The van der Waals surface area contributed by atoms with E-state index in [1.807, 2.05) is 0 Å². The molecule has 0 saturated carbocycles. The van der Waals surface area contributed by atoms with Gasteiger partial charge in [-0.05, 0) is 54.6 Å². The number of anilines is 2. The first kappa shape index (κ1) is 23.6. The molecule has 0 bridgehead atoms. The first-order valence-electron chi connectivity index (χ1n) is 9.82. The van der Waals surface area contributed by atoms with Crippen molar-refractivity contribution in [2.24, 2.45) is 0 Å². The van der Waals surface area contributed by atoms with Gasteiger partial charge in [0.1, 0.15) is 11.5 Å². The van der Waals surface area contributed by atoms with Crippen LogP contribution in [0.5, 0.6) is 11.5 Å². The third kappa shape index (κ3) is 7.55. The van der Waals surface area contributed by atoms with Crippen molar-refractivity contribution < 1.29 is 28.6 Å². The molecular weight excluding hydrogens is 448 g/mol. The summed E-state index contributed by atoms with van der Waals surface area (Å²) < 4.78 is 15.6. The summed E-state index contributed by atoms with van der Waals surface area (Å²) in [5.74, 6) is -0.493. The molecule has 0 radical (unpaired) electrons. The van der Waals surface area contributed by atoms with Crippen LogP contribution in [0.2, 0.25) is 5.02 Å².